The van der Waals surface area contributed by atoms with Crippen molar-refractivity contribution in [2.24, 2.45) is 5.73 Å². The zero-order chi connectivity index (χ0) is 16.4. The Morgan fingerprint density at radius 2 is 1.83 bits per heavy atom. The van der Waals surface area contributed by atoms with E-state index in [-0.39, 0.29) is 30.5 Å². The SMILES string of the molecule is COC(c1ccc(Cl)cc1)C(C)NC(=O)CCCCCCN.Cl. The summed E-state index contributed by atoms with van der Waals surface area (Å²) in [5.74, 6) is 0.0660. The Bertz CT molecular complexity index is 441. The summed E-state index contributed by atoms with van der Waals surface area (Å²) < 4.78 is 5.52. The maximum atomic E-state index is 12.0. The molecule has 3 N–H and O–H groups in total. The summed E-state index contributed by atoms with van der Waals surface area (Å²) in [4.78, 5) is 12.0. The van der Waals surface area contributed by atoms with E-state index in [1.54, 1.807) is 7.11 Å². The molecule has 0 heterocycles. The van der Waals surface area contributed by atoms with Gasteiger partial charge in [-0.15, -0.1) is 12.4 Å². The van der Waals surface area contributed by atoms with Gasteiger partial charge in [0.05, 0.1) is 6.04 Å². The number of halogens is 2. The predicted octanol–water partition coefficient (Wildman–Crippen LogP) is 3.86. The Balaban J connectivity index is 0.00000484. The van der Waals surface area contributed by atoms with Crippen LogP contribution < -0.4 is 11.1 Å². The molecule has 1 aromatic carbocycles. The van der Waals surface area contributed by atoms with Crippen LogP contribution in [-0.4, -0.2) is 25.6 Å². The number of carbonyl (C=O) groups excluding carboxylic acids is 1. The van der Waals surface area contributed by atoms with E-state index in [9.17, 15) is 4.79 Å². The molecule has 0 bridgehead atoms. The van der Waals surface area contributed by atoms with Crippen LogP contribution in [0.5, 0.6) is 0 Å². The van der Waals surface area contributed by atoms with Crippen molar-refractivity contribution in [1.29, 1.82) is 0 Å². The van der Waals surface area contributed by atoms with Gasteiger partial charge in [0.1, 0.15) is 6.10 Å². The third kappa shape index (κ3) is 8.56. The number of amides is 1. The molecule has 6 heteroatoms. The van der Waals surface area contributed by atoms with Crippen LogP contribution in [0.2, 0.25) is 5.02 Å². The van der Waals surface area contributed by atoms with Crippen molar-refractivity contribution in [1.82, 2.24) is 5.32 Å². The van der Waals surface area contributed by atoms with E-state index in [2.05, 4.69) is 5.32 Å². The highest BCUT2D eigenvalue weighted by atomic mass is 35.5. The minimum Gasteiger partial charge on any atom is -0.375 e. The Hall–Kier alpha value is -0.810. The van der Waals surface area contributed by atoms with Gasteiger partial charge in [0.25, 0.3) is 0 Å². The van der Waals surface area contributed by atoms with Crippen LogP contribution in [0.3, 0.4) is 0 Å². The van der Waals surface area contributed by atoms with Crippen molar-refractivity contribution in [3.8, 4) is 0 Å². The Morgan fingerprint density at radius 1 is 1.22 bits per heavy atom. The number of hydrogen-bond donors (Lipinski definition) is 2. The van der Waals surface area contributed by atoms with Crippen LogP contribution in [0.15, 0.2) is 24.3 Å². The lowest BCUT2D eigenvalue weighted by atomic mass is 10.0. The van der Waals surface area contributed by atoms with E-state index in [0.717, 1.165) is 37.8 Å². The molecule has 0 aliphatic carbocycles. The standard InChI is InChI=1S/C17H27ClN2O2.ClH/c1-13(20-16(21)7-5-3-4-6-12-19)17(22-2)14-8-10-15(18)11-9-14;/h8-11,13,17H,3-7,12,19H2,1-2H3,(H,20,21);1H. The fourth-order valence-corrected chi connectivity index (χ4v) is 2.59. The summed E-state index contributed by atoms with van der Waals surface area (Å²) in [7, 11) is 1.65. The molecule has 1 rings (SSSR count). The summed E-state index contributed by atoms with van der Waals surface area (Å²) in [5, 5.41) is 3.70. The molecule has 0 aliphatic heterocycles. The second-order valence-corrected chi connectivity index (χ2v) is 5.95. The van der Waals surface area contributed by atoms with Gasteiger partial charge < -0.3 is 15.8 Å². The topological polar surface area (TPSA) is 64.3 Å². The van der Waals surface area contributed by atoms with Gasteiger partial charge in [-0.25, -0.2) is 0 Å². The van der Waals surface area contributed by atoms with Gasteiger partial charge >= 0.3 is 0 Å². The molecule has 132 valence electrons. The first-order valence-corrected chi connectivity index (χ1v) is 8.24. The average Bonchev–Trinajstić information content (AvgIpc) is 2.49. The smallest absolute Gasteiger partial charge is 0.220 e. The lowest BCUT2D eigenvalue weighted by Gasteiger charge is -2.24. The highest BCUT2D eigenvalue weighted by molar-refractivity contribution is 6.30. The van der Waals surface area contributed by atoms with Gasteiger partial charge in [0.2, 0.25) is 5.91 Å². The summed E-state index contributed by atoms with van der Waals surface area (Å²) in [5.41, 5.74) is 6.45. The molecule has 0 aromatic heterocycles. The largest absolute Gasteiger partial charge is 0.375 e. The molecule has 0 saturated carbocycles. The van der Waals surface area contributed by atoms with Gasteiger partial charge in [-0.3, -0.25) is 4.79 Å². The molecule has 0 saturated heterocycles. The maximum Gasteiger partial charge on any atom is 0.220 e. The quantitative estimate of drug-likeness (QED) is 0.621. The average molecular weight is 363 g/mol. The highest BCUT2D eigenvalue weighted by Gasteiger charge is 2.20. The molecule has 2 atom stereocenters. The molecule has 23 heavy (non-hydrogen) atoms. The van der Waals surface area contributed by atoms with Crippen molar-refractivity contribution in [3.05, 3.63) is 34.9 Å². The number of benzene rings is 1. The molecular formula is C17H28Cl2N2O2. The zero-order valence-electron chi connectivity index (χ0n) is 13.9. The number of hydrogen-bond acceptors (Lipinski definition) is 3. The third-order valence-electron chi connectivity index (χ3n) is 3.65. The second kappa shape index (κ2) is 12.6. The molecule has 0 spiro atoms. The van der Waals surface area contributed by atoms with Crippen LogP contribution in [0, 0.1) is 0 Å². The first kappa shape index (κ1) is 22.2. The molecule has 1 aromatic rings. The van der Waals surface area contributed by atoms with Crippen molar-refractivity contribution in [2.75, 3.05) is 13.7 Å². The first-order chi connectivity index (χ1) is 10.6. The monoisotopic (exact) mass is 362 g/mol. The second-order valence-electron chi connectivity index (χ2n) is 5.52. The number of nitrogens with one attached hydrogen (secondary N) is 1. The van der Waals surface area contributed by atoms with Crippen LogP contribution in [-0.2, 0) is 9.53 Å². The van der Waals surface area contributed by atoms with Crippen LogP contribution >= 0.6 is 24.0 Å². The van der Waals surface area contributed by atoms with E-state index < -0.39 is 0 Å². The van der Waals surface area contributed by atoms with Crippen LogP contribution in [0.1, 0.15) is 50.7 Å². The molecule has 0 fully saturated rings. The summed E-state index contributed by atoms with van der Waals surface area (Å²) >= 11 is 5.90. The predicted molar refractivity (Wildman–Crippen MR) is 98.2 cm³/mol. The van der Waals surface area contributed by atoms with E-state index in [1.165, 1.54) is 0 Å². The molecule has 2 unspecified atom stereocenters. The molecule has 1 amide bonds. The summed E-state index contributed by atoms with van der Waals surface area (Å²) in [6, 6.07) is 7.41. The molecule has 0 radical (unpaired) electrons. The van der Waals surface area contributed by atoms with Gasteiger partial charge in [0.15, 0.2) is 0 Å². The van der Waals surface area contributed by atoms with Gasteiger partial charge in [0, 0.05) is 18.6 Å². The first-order valence-electron chi connectivity index (χ1n) is 7.86. The number of unbranched alkanes of at least 4 members (excludes halogenated alkanes) is 3. The number of nitrogens with two attached hydrogens (primary N) is 1. The number of ether oxygens (including phenoxy) is 1. The Morgan fingerprint density at radius 3 is 2.39 bits per heavy atom. The normalized spacial score (nSPS) is 13.0. The lowest BCUT2D eigenvalue weighted by Crippen LogP contribution is -2.37. The van der Waals surface area contributed by atoms with Crippen molar-refractivity contribution >= 4 is 29.9 Å². The van der Waals surface area contributed by atoms with Crippen molar-refractivity contribution in [3.63, 3.8) is 0 Å². The fourth-order valence-electron chi connectivity index (χ4n) is 2.47. The van der Waals surface area contributed by atoms with Crippen molar-refractivity contribution in [2.45, 2.75) is 51.2 Å². The minimum atomic E-state index is -0.182. The van der Waals surface area contributed by atoms with Crippen molar-refractivity contribution < 1.29 is 9.53 Å². The van der Waals surface area contributed by atoms with E-state index >= 15 is 0 Å². The summed E-state index contributed by atoms with van der Waals surface area (Å²) in [6.45, 7) is 2.68. The minimum absolute atomic E-state index is 0. The van der Waals surface area contributed by atoms with Crippen LogP contribution in [0.25, 0.3) is 0 Å². The Kier molecular flexibility index (Phi) is 12.1. The zero-order valence-corrected chi connectivity index (χ0v) is 15.5. The fraction of sp³-hybridized carbons (Fsp3) is 0.588. The third-order valence-corrected chi connectivity index (χ3v) is 3.91. The number of carbonyl (C=O) groups is 1. The van der Waals surface area contributed by atoms with E-state index in [4.69, 9.17) is 22.1 Å². The molecule has 0 aliphatic rings. The van der Waals surface area contributed by atoms with Gasteiger partial charge in [-0.1, -0.05) is 36.6 Å². The number of methoxy groups -OCH3 is 1. The van der Waals surface area contributed by atoms with E-state index in [1.807, 2.05) is 31.2 Å². The lowest BCUT2D eigenvalue weighted by molar-refractivity contribution is -0.122. The van der Waals surface area contributed by atoms with Gasteiger partial charge in [-0.05, 0) is 44.0 Å². The van der Waals surface area contributed by atoms with Crippen LogP contribution in [0.4, 0.5) is 0 Å². The highest BCUT2D eigenvalue weighted by Crippen LogP contribution is 2.22. The Labute approximate surface area is 150 Å². The summed E-state index contributed by atoms with van der Waals surface area (Å²) in [6.07, 6.45) is 4.43. The van der Waals surface area contributed by atoms with E-state index in [0.29, 0.717) is 11.4 Å². The molecular weight excluding hydrogens is 335 g/mol. The molecule has 4 nitrogen and oxygen atoms in total. The number of rotatable bonds is 10. The maximum absolute atomic E-state index is 12.0. The van der Waals surface area contributed by atoms with Gasteiger partial charge in [-0.2, -0.15) is 0 Å².